The Morgan fingerprint density at radius 2 is 1.75 bits per heavy atom. The van der Waals surface area contributed by atoms with Gasteiger partial charge in [-0.05, 0) is 40.8 Å². The Kier molecular flexibility index (Phi) is 3.05. The summed E-state index contributed by atoms with van der Waals surface area (Å²) in [6.45, 7) is 7.54. The van der Waals surface area contributed by atoms with Crippen LogP contribution in [0.25, 0.3) is 11.0 Å². The molecule has 0 spiro atoms. The van der Waals surface area contributed by atoms with Crippen molar-refractivity contribution < 1.29 is 0 Å². The van der Waals surface area contributed by atoms with Gasteiger partial charge in [-0.15, -0.1) is 0 Å². The van der Waals surface area contributed by atoms with Crippen LogP contribution in [0.1, 0.15) is 31.9 Å². The van der Waals surface area contributed by atoms with E-state index in [1.807, 2.05) is 30.7 Å². The second-order valence-corrected chi connectivity index (χ2v) is 6.14. The maximum absolute atomic E-state index is 4.56. The minimum absolute atomic E-state index is 0.129. The SMILES string of the molecule is CC(C)(C)c1ccnc2c1ccn2Cc1ccncc1. The van der Waals surface area contributed by atoms with E-state index in [4.69, 9.17) is 0 Å². The molecule has 0 amide bonds. The average Bonchev–Trinajstić information content (AvgIpc) is 2.82. The van der Waals surface area contributed by atoms with Gasteiger partial charge in [-0.2, -0.15) is 0 Å². The van der Waals surface area contributed by atoms with E-state index in [1.54, 1.807) is 0 Å². The molecule has 3 rings (SSSR count). The van der Waals surface area contributed by atoms with E-state index in [1.165, 1.54) is 16.5 Å². The van der Waals surface area contributed by atoms with Gasteiger partial charge in [0.15, 0.2) is 0 Å². The number of fused-ring (bicyclic) bond motifs is 1. The van der Waals surface area contributed by atoms with E-state index in [0.29, 0.717) is 0 Å². The first-order valence-electron chi connectivity index (χ1n) is 6.89. The molecule has 3 nitrogen and oxygen atoms in total. The highest BCUT2D eigenvalue weighted by Gasteiger charge is 2.18. The Bertz CT molecular complexity index is 721. The average molecular weight is 265 g/mol. The first-order chi connectivity index (χ1) is 9.55. The zero-order valence-electron chi connectivity index (χ0n) is 12.2. The normalized spacial score (nSPS) is 11.9. The van der Waals surface area contributed by atoms with Crippen molar-refractivity contribution in [3.05, 3.63) is 60.2 Å². The molecular formula is C17H19N3. The van der Waals surface area contributed by atoms with Crippen molar-refractivity contribution in [3.8, 4) is 0 Å². The van der Waals surface area contributed by atoms with Gasteiger partial charge in [0.2, 0.25) is 0 Å². The lowest BCUT2D eigenvalue weighted by Gasteiger charge is -2.19. The van der Waals surface area contributed by atoms with Gasteiger partial charge in [0.25, 0.3) is 0 Å². The third-order valence-electron chi connectivity index (χ3n) is 3.57. The van der Waals surface area contributed by atoms with E-state index in [9.17, 15) is 0 Å². The largest absolute Gasteiger partial charge is 0.328 e. The zero-order chi connectivity index (χ0) is 14.2. The van der Waals surface area contributed by atoms with Gasteiger partial charge >= 0.3 is 0 Å². The van der Waals surface area contributed by atoms with Gasteiger partial charge in [-0.3, -0.25) is 4.98 Å². The van der Waals surface area contributed by atoms with Crippen molar-refractivity contribution in [1.29, 1.82) is 0 Å². The Morgan fingerprint density at radius 3 is 2.45 bits per heavy atom. The predicted octanol–water partition coefficient (Wildman–Crippen LogP) is 3.78. The smallest absolute Gasteiger partial charge is 0.140 e. The van der Waals surface area contributed by atoms with E-state index in [0.717, 1.165) is 12.2 Å². The van der Waals surface area contributed by atoms with Crippen LogP contribution in [-0.2, 0) is 12.0 Å². The molecule has 0 N–H and O–H groups in total. The molecule has 0 unspecified atom stereocenters. The maximum atomic E-state index is 4.56. The fourth-order valence-electron chi connectivity index (χ4n) is 2.56. The number of hydrogen-bond acceptors (Lipinski definition) is 2. The molecular weight excluding hydrogens is 246 g/mol. The molecule has 0 saturated heterocycles. The van der Waals surface area contributed by atoms with Gasteiger partial charge in [0.05, 0.1) is 0 Å². The second-order valence-electron chi connectivity index (χ2n) is 6.14. The molecule has 0 aliphatic rings. The molecule has 102 valence electrons. The lowest BCUT2D eigenvalue weighted by atomic mass is 9.86. The van der Waals surface area contributed by atoms with Crippen LogP contribution in [0.4, 0.5) is 0 Å². The van der Waals surface area contributed by atoms with Gasteiger partial charge in [-0.1, -0.05) is 20.8 Å². The summed E-state index contributed by atoms with van der Waals surface area (Å²) < 4.78 is 2.19. The molecule has 3 aromatic heterocycles. The highest BCUT2D eigenvalue weighted by atomic mass is 15.0. The third-order valence-corrected chi connectivity index (χ3v) is 3.57. The lowest BCUT2D eigenvalue weighted by Crippen LogP contribution is -2.12. The van der Waals surface area contributed by atoms with Crippen molar-refractivity contribution in [2.75, 3.05) is 0 Å². The van der Waals surface area contributed by atoms with Crippen LogP contribution in [0, 0.1) is 0 Å². The molecule has 0 saturated carbocycles. The monoisotopic (exact) mass is 265 g/mol. The van der Waals surface area contributed by atoms with Crippen LogP contribution in [0.3, 0.4) is 0 Å². The minimum Gasteiger partial charge on any atom is -0.328 e. The number of hydrogen-bond donors (Lipinski definition) is 0. The van der Waals surface area contributed by atoms with Crippen molar-refractivity contribution >= 4 is 11.0 Å². The van der Waals surface area contributed by atoms with Gasteiger partial charge in [-0.25, -0.2) is 4.98 Å². The van der Waals surface area contributed by atoms with Crippen LogP contribution in [0.5, 0.6) is 0 Å². The molecule has 3 heterocycles. The number of aromatic nitrogens is 3. The topological polar surface area (TPSA) is 30.7 Å². The van der Waals surface area contributed by atoms with E-state index in [2.05, 4.69) is 53.6 Å². The Balaban J connectivity index is 2.07. The van der Waals surface area contributed by atoms with Gasteiger partial charge in [0, 0.05) is 36.7 Å². The molecule has 20 heavy (non-hydrogen) atoms. The fraction of sp³-hybridized carbons (Fsp3) is 0.294. The predicted molar refractivity (Wildman–Crippen MR) is 81.8 cm³/mol. The summed E-state index contributed by atoms with van der Waals surface area (Å²) in [6.07, 6.45) is 7.68. The summed E-state index contributed by atoms with van der Waals surface area (Å²) in [5.74, 6) is 0. The lowest BCUT2D eigenvalue weighted by molar-refractivity contribution is 0.595. The summed E-state index contributed by atoms with van der Waals surface area (Å²) in [5.41, 5.74) is 3.76. The summed E-state index contributed by atoms with van der Waals surface area (Å²) >= 11 is 0. The molecule has 0 fully saturated rings. The zero-order valence-corrected chi connectivity index (χ0v) is 12.2. The molecule has 0 aliphatic heterocycles. The molecule has 3 aromatic rings. The first kappa shape index (κ1) is 12.9. The quantitative estimate of drug-likeness (QED) is 0.706. The number of pyridine rings is 2. The van der Waals surface area contributed by atoms with Crippen LogP contribution < -0.4 is 0 Å². The summed E-state index contributed by atoms with van der Waals surface area (Å²) in [4.78, 5) is 8.62. The Morgan fingerprint density at radius 1 is 1.00 bits per heavy atom. The number of nitrogens with zero attached hydrogens (tertiary/aromatic N) is 3. The third kappa shape index (κ3) is 2.31. The van der Waals surface area contributed by atoms with Crippen molar-refractivity contribution in [2.45, 2.75) is 32.7 Å². The minimum atomic E-state index is 0.129. The standard InChI is InChI=1S/C17H19N3/c1-17(2,3)15-6-10-19-16-14(15)7-11-20(16)12-13-4-8-18-9-5-13/h4-11H,12H2,1-3H3. The first-order valence-corrected chi connectivity index (χ1v) is 6.89. The van der Waals surface area contributed by atoms with Crippen LogP contribution in [0.2, 0.25) is 0 Å². The van der Waals surface area contributed by atoms with Crippen molar-refractivity contribution in [1.82, 2.24) is 14.5 Å². The van der Waals surface area contributed by atoms with Crippen LogP contribution >= 0.6 is 0 Å². The summed E-state index contributed by atoms with van der Waals surface area (Å²) in [7, 11) is 0. The Labute approximate surface area is 119 Å². The van der Waals surface area contributed by atoms with Crippen molar-refractivity contribution in [3.63, 3.8) is 0 Å². The fourth-order valence-corrected chi connectivity index (χ4v) is 2.56. The molecule has 0 bridgehead atoms. The molecule has 0 aliphatic carbocycles. The highest BCUT2D eigenvalue weighted by Crippen LogP contribution is 2.29. The summed E-state index contributed by atoms with van der Waals surface area (Å²) in [5, 5.41) is 1.24. The van der Waals surface area contributed by atoms with Gasteiger partial charge < -0.3 is 4.57 Å². The van der Waals surface area contributed by atoms with E-state index in [-0.39, 0.29) is 5.41 Å². The van der Waals surface area contributed by atoms with Gasteiger partial charge in [0.1, 0.15) is 5.65 Å². The van der Waals surface area contributed by atoms with Crippen LogP contribution in [0.15, 0.2) is 49.1 Å². The molecule has 3 heteroatoms. The maximum Gasteiger partial charge on any atom is 0.140 e. The Hall–Kier alpha value is -2.16. The summed E-state index contributed by atoms with van der Waals surface area (Å²) in [6, 6.07) is 8.38. The second kappa shape index (κ2) is 4.75. The van der Waals surface area contributed by atoms with Crippen LogP contribution in [-0.4, -0.2) is 14.5 Å². The van der Waals surface area contributed by atoms with Crippen molar-refractivity contribution in [2.24, 2.45) is 0 Å². The molecule has 0 aromatic carbocycles. The molecule has 0 atom stereocenters. The molecule has 0 radical (unpaired) electrons. The number of rotatable bonds is 2. The van der Waals surface area contributed by atoms with E-state index >= 15 is 0 Å². The highest BCUT2D eigenvalue weighted by molar-refractivity contribution is 5.81. The van der Waals surface area contributed by atoms with E-state index < -0.39 is 0 Å².